The predicted molar refractivity (Wildman–Crippen MR) is 70.1 cm³/mol. The van der Waals surface area contributed by atoms with Gasteiger partial charge in [-0.05, 0) is 38.0 Å². The summed E-state index contributed by atoms with van der Waals surface area (Å²) >= 11 is 0. The van der Waals surface area contributed by atoms with Crippen molar-refractivity contribution in [3.05, 3.63) is 29.6 Å². The van der Waals surface area contributed by atoms with Gasteiger partial charge in [-0.1, -0.05) is 19.4 Å². The molecule has 1 unspecified atom stereocenters. The molecule has 1 aromatic carbocycles. The van der Waals surface area contributed by atoms with Gasteiger partial charge in [-0.25, -0.2) is 9.18 Å². The van der Waals surface area contributed by atoms with Gasteiger partial charge in [0.2, 0.25) is 0 Å². The third kappa shape index (κ3) is 4.02. The highest BCUT2D eigenvalue weighted by Gasteiger charge is 2.18. The summed E-state index contributed by atoms with van der Waals surface area (Å²) in [6, 6.07) is 4.43. The lowest BCUT2D eigenvalue weighted by Gasteiger charge is -2.18. The van der Waals surface area contributed by atoms with E-state index in [9.17, 15) is 9.18 Å². The molecule has 1 aromatic rings. The second kappa shape index (κ2) is 6.99. The molecular weight excluding hydrogens is 233 g/mol. The van der Waals surface area contributed by atoms with E-state index < -0.39 is 6.04 Å². The number of anilines is 1. The van der Waals surface area contributed by atoms with Gasteiger partial charge in [-0.3, -0.25) is 0 Å². The van der Waals surface area contributed by atoms with Crippen LogP contribution in [-0.2, 0) is 9.53 Å². The predicted octanol–water partition coefficient (Wildman–Crippen LogP) is 3.28. The van der Waals surface area contributed by atoms with Crippen LogP contribution >= 0.6 is 0 Å². The molecule has 3 nitrogen and oxygen atoms in total. The summed E-state index contributed by atoms with van der Waals surface area (Å²) in [7, 11) is 0. The molecule has 0 aliphatic heterocycles. The topological polar surface area (TPSA) is 38.3 Å². The van der Waals surface area contributed by atoms with E-state index in [0.717, 1.165) is 6.42 Å². The molecule has 0 saturated heterocycles. The van der Waals surface area contributed by atoms with Crippen LogP contribution in [0, 0.1) is 12.7 Å². The van der Waals surface area contributed by atoms with E-state index in [2.05, 4.69) is 5.32 Å². The molecule has 0 amide bonds. The van der Waals surface area contributed by atoms with Gasteiger partial charge < -0.3 is 10.1 Å². The van der Waals surface area contributed by atoms with Gasteiger partial charge in [0.05, 0.1) is 6.61 Å². The monoisotopic (exact) mass is 253 g/mol. The van der Waals surface area contributed by atoms with Gasteiger partial charge in [-0.2, -0.15) is 0 Å². The van der Waals surface area contributed by atoms with Gasteiger partial charge in [0.25, 0.3) is 0 Å². The van der Waals surface area contributed by atoms with Crippen molar-refractivity contribution in [2.24, 2.45) is 0 Å². The zero-order valence-electron chi connectivity index (χ0n) is 11.1. The highest BCUT2D eigenvalue weighted by atomic mass is 19.1. The Labute approximate surface area is 107 Å². The highest BCUT2D eigenvalue weighted by molar-refractivity contribution is 5.79. The number of hydrogen-bond acceptors (Lipinski definition) is 3. The molecule has 18 heavy (non-hydrogen) atoms. The van der Waals surface area contributed by atoms with Crippen LogP contribution < -0.4 is 5.32 Å². The summed E-state index contributed by atoms with van der Waals surface area (Å²) < 4.78 is 18.4. The first-order valence-corrected chi connectivity index (χ1v) is 6.27. The van der Waals surface area contributed by atoms with E-state index in [1.165, 1.54) is 6.07 Å². The molecule has 1 atom stereocenters. The Balaban J connectivity index is 2.76. The van der Waals surface area contributed by atoms with Crippen molar-refractivity contribution in [2.45, 2.75) is 39.7 Å². The molecule has 100 valence electrons. The Hall–Kier alpha value is -1.58. The number of carbonyl (C=O) groups is 1. The number of rotatable bonds is 6. The third-order valence-corrected chi connectivity index (χ3v) is 2.66. The van der Waals surface area contributed by atoms with Crippen molar-refractivity contribution in [2.75, 3.05) is 11.9 Å². The van der Waals surface area contributed by atoms with Crippen molar-refractivity contribution < 1.29 is 13.9 Å². The maximum Gasteiger partial charge on any atom is 0.328 e. The average molecular weight is 253 g/mol. The quantitative estimate of drug-likeness (QED) is 0.791. The summed E-state index contributed by atoms with van der Waals surface area (Å²) in [6.07, 6.45) is 1.51. The molecule has 1 N–H and O–H groups in total. The number of nitrogens with one attached hydrogen (secondary N) is 1. The van der Waals surface area contributed by atoms with Crippen molar-refractivity contribution >= 4 is 11.7 Å². The number of hydrogen-bond donors (Lipinski definition) is 1. The molecule has 0 aliphatic rings. The van der Waals surface area contributed by atoms with Crippen LogP contribution in [0.15, 0.2) is 18.2 Å². The van der Waals surface area contributed by atoms with E-state index in [-0.39, 0.29) is 11.8 Å². The first-order valence-electron chi connectivity index (χ1n) is 6.27. The van der Waals surface area contributed by atoms with Crippen LogP contribution in [0.25, 0.3) is 0 Å². The van der Waals surface area contributed by atoms with Crippen LogP contribution in [0.3, 0.4) is 0 Å². The molecule has 0 aliphatic carbocycles. The first-order chi connectivity index (χ1) is 8.58. The number of esters is 1. The number of halogens is 1. The van der Waals surface area contributed by atoms with Crippen LogP contribution in [0.2, 0.25) is 0 Å². The molecule has 0 radical (unpaired) electrons. The maximum atomic E-state index is 13.4. The van der Waals surface area contributed by atoms with Gasteiger partial charge in [0.15, 0.2) is 0 Å². The fourth-order valence-electron chi connectivity index (χ4n) is 1.66. The molecule has 0 saturated carbocycles. The van der Waals surface area contributed by atoms with Gasteiger partial charge in [-0.15, -0.1) is 0 Å². The third-order valence-electron chi connectivity index (χ3n) is 2.66. The molecule has 0 heterocycles. The van der Waals surface area contributed by atoms with Crippen molar-refractivity contribution in [3.8, 4) is 0 Å². The molecule has 0 bridgehead atoms. The van der Waals surface area contributed by atoms with E-state index in [4.69, 9.17) is 4.74 Å². The van der Waals surface area contributed by atoms with Crippen molar-refractivity contribution in [1.82, 2.24) is 0 Å². The first kappa shape index (κ1) is 14.5. The van der Waals surface area contributed by atoms with E-state index in [1.807, 2.05) is 6.92 Å². The summed E-state index contributed by atoms with van der Waals surface area (Å²) in [5, 5.41) is 3.02. The number of ether oxygens (including phenoxy) is 1. The number of aryl methyl sites for hydroxylation is 1. The minimum Gasteiger partial charge on any atom is -0.464 e. The lowest BCUT2D eigenvalue weighted by atomic mass is 10.1. The molecular formula is C14H20FNO2. The zero-order chi connectivity index (χ0) is 13.5. The Kier molecular flexibility index (Phi) is 5.62. The lowest BCUT2D eigenvalue weighted by molar-refractivity contribution is -0.144. The molecule has 1 rings (SSSR count). The van der Waals surface area contributed by atoms with Crippen LogP contribution in [0.1, 0.15) is 32.3 Å². The van der Waals surface area contributed by atoms with Gasteiger partial charge >= 0.3 is 5.97 Å². The standard InChI is InChI=1S/C14H20FNO2/c1-4-6-13(14(17)18-5-2)16-11-8-7-10(3)12(15)9-11/h7-9,13,16H,4-6H2,1-3H3. The summed E-state index contributed by atoms with van der Waals surface area (Å²) in [6.45, 7) is 5.81. The SMILES string of the molecule is CCCC(Nc1ccc(C)c(F)c1)C(=O)OCC. The summed E-state index contributed by atoms with van der Waals surface area (Å²) in [5.41, 5.74) is 1.19. The summed E-state index contributed by atoms with van der Waals surface area (Å²) in [4.78, 5) is 11.7. The molecule has 0 spiro atoms. The minimum atomic E-state index is -0.419. The number of benzene rings is 1. The van der Waals surface area contributed by atoms with Crippen molar-refractivity contribution in [1.29, 1.82) is 0 Å². The lowest BCUT2D eigenvalue weighted by Crippen LogP contribution is -2.31. The van der Waals surface area contributed by atoms with E-state index in [1.54, 1.807) is 26.0 Å². The van der Waals surface area contributed by atoms with E-state index >= 15 is 0 Å². The fraction of sp³-hybridized carbons (Fsp3) is 0.500. The Morgan fingerprint density at radius 2 is 2.17 bits per heavy atom. The minimum absolute atomic E-state index is 0.279. The van der Waals surface area contributed by atoms with Crippen LogP contribution in [-0.4, -0.2) is 18.6 Å². The van der Waals surface area contributed by atoms with Crippen LogP contribution in [0.5, 0.6) is 0 Å². The zero-order valence-corrected chi connectivity index (χ0v) is 11.1. The molecule has 0 fully saturated rings. The molecule has 4 heteroatoms. The summed E-state index contributed by atoms with van der Waals surface area (Å²) in [5.74, 6) is -0.570. The number of carbonyl (C=O) groups excluding carboxylic acids is 1. The van der Waals surface area contributed by atoms with Crippen LogP contribution in [0.4, 0.5) is 10.1 Å². The Morgan fingerprint density at radius 1 is 1.44 bits per heavy atom. The van der Waals surface area contributed by atoms with Crippen molar-refractivity contribution in [3.63, 3.8) is 0 Å². The van der Waals surface area contributed by atoms with Gasteiger partial charge in [0.1, 0.15) is 11.9 Å². The largest absolute Gasteiger partial charge is 0.464 e. The normalized spacial score (nSPS) is 12.0. The molecule has 0 aromatic heterocycles. The second-order valence-corrected chi connectivity index (χ2v) is 4.20. The maximum absolute atomic E-state index is 13.4. The fourth-order valence-corrected chi connectivity index (χ4v) is 1.66. The average Bonchev–Trinajstić information content (AvgIpc) is 2.33. The Bertz CT molecular complexity index is 407. The van der Waals surface area contributed by atoms with Gasteiger partial charge in [0, 0.05) is 5.69 Å². The highest BCUT2D eigenvalue weighted by Crippen LogP contribution is 2.16. The smallest absolute Gasteiger partial charge is 0.328 e. The van der Waals surface area contributed by atoms with E-state index in [0.29, 0.717) is 24.3 Å². The second-order valence-electron chi connectivity index (χ2n) is 4.20. The Morgan fingerprint density at radius 3 is 2.72 bits per heavy atom.